The summed E-state index contributed by atoms with van der Waals surface area (Å²) in [6, 6.07) is 11.6. The average Bonchev–Trinajstić information content (AvgIpc) is 2.80. The van der Waals surface area contributed by atoms with Gasteiger partial charge in [0.2, 0.25) is 0 Å². The predicted octanol–water partition coefficient (Wildman–Crippen LogP) is 4.88. The zero-order chi connectivity index (χ0) is 15.0. The number of hydrogen-bond acceptors (Lipinski definition) is 2. The Bertz CT molecular complexity index is 779. The quantitative estimate of drug-likeness (QED) is 0.679. The minimum absolute atomic E-state index is 0.298. The molecule has 0 fully saturated rings. The van der Waals surface area contributed by atoms with Gasteiger partial charge in [-0.25, -0.2) is 4.39 Å². The normalized spacial score (nSPS) is 10.8. The number of hydrogen-bond donors (Lipinski definition) is 2. The molecule has 1 heterocycles. The summed E-state index contributed by atoms with van der Waals surface area (Å²) in [6.45, 7) is 0. The molecule has 0 atom stereocenters. The lowest BCUT2D eigenvalue weighted by Gasteiger charge is -2.06. The molecule has 0 aliphatic heterocycles. The summed E-state index contributed by atoms with van der Waals surface area (Å²) in [4.78, 5) is 0. The molecule has 0 amide bonds. The number of nitrogens with zero attached hydrogens (tertiary/aromatic N) is 1. The van der Waals surface area contributed by atoms with Gasteiger partial charge < -0.3 is 5.73 Å². The van der Waals surface area contributed by atoms with Crippen LogP contribution in [0.3, 0.4) is 0 Å². The highest BCUT2D eigenvalue weighted by molar-refractivity contribution is 9.10. The van der Waals surface area contributed by atoms with Gasteiger partial charge in [-0.1, -0.05) is 39.7 Å². The fraction of sp³-hybridized carbons (Fsp3) is 0. The van der Waals surface area contributed by atoms with Gasteiger partial charge in [-0.05, 0) is 35.9 Å². The maximum atomic E-state index is 13.1. The fourth-order valence-electron chi connectivity index (χ4n) is 2.17. The summed E-state index contributed by atoms with van der Waals surface area (Å²) in [6.07, 6.45) is 0. The molecular weight excluding hydrogens is 357 g/mol. The van der Waals surface area contributed by atoms with Crippen LogP contribution in [0.25, 0.3) is 22.4 Å². The molecule has 2 aromatic carbocycles. The second kappa shape index (κ2) is 5.50. The Balaban J connectivity index is 2.19. The van der Waals surface area contributed by atoms with E-state index in [1.54, 1.807) is 18.2 Å². The van der Waals surface area contributed by atoms with Crippen molar-refractivity contribution >= 4 is 33.3 Å². The van der Waals surface area contributed by atoms with E-state index in [0.29, 0.717) is 10.8 Å². The average molecular weight is 367 g/mol. The third kappa shape index (κ3) is 2.80. The molecule has 3 rings (SSSR count). The zero-order valence-corrected chi connectivity index (χ0v) is 13.0. The molecule has 106 valence electrons. The van der Waals surface area contributed by atoms with Crippen LogP contribution in [-0.2, 0) is 0 Å². The highest BCUT2D eigenvalue weighted by Gasteiger charge is 2.15. The van der Waals surface area contributed by atoms with Crippen LogP contribution < -0.4 is 5.73 Å². The summed E-state index contributed by atoms with van der Waals surface area (Å²) >= 11 is 9.49. The van der Waals surface area contributed by atoms with Gasteiger partial charge in [-0.3, -0.25) is 5.10 Å². The summed E-state index contributed by atoms with van der Waals surface area (Å²) in [5.41, 5.74) is 9.04. The first-order valence-corrected chi connectivity index (χ1v) is 7.28. The maximum Gasteiger partial charge on any atom is 0.153 e. The number of nitrogen functional groups attached to an aromatic ring is 1. The maximum absolute atomic E-state index is 13.1. The van der Waals surface area contributed by atoms with Crippen LogP contribution in [-0.4, -0.2) is 10.2 Å². The number of aromatic amines is 1. The lowest BCUT2D eigenvalue weighted by atomic mass is 10.0. The van der Waals surface area contributed by atoms with Crippen molar-refractivity contribution in [3.8, 4) is 22.4 Å². The topological polar surface area (TPSA) is 54.7 Å². The number of H-pyrrole nitrogens is 1. The second-order valence-corrected chi connectivity index (χ2v) is 5.88. The van der Waals surface area contributed by atoms with Gasteiger partial charge in [0.05, 0.1) is 11.3 Å². The molecule has 0 radical (unpaired) electrons. The monoisotopic (exact) mass is 365 g/mol. The van der Waals surface area contributed by atoms with E-state index < -0.39 is 0 Å². The molecule has 3 aromatic rings. The third-order valence-corrected chi connectivity index (χ3v) is 3.75. The first-order chi connectivity index (χ1) is 10.0. The van der Waals surface area contributed by atoms with Gasteiger partial charge in [0.15, 0.2) is 5.82 Å². The standard InChI is InChI=1S/C15H10BrClFN3/c16-10-5-9(6-11(17)7-10)14-13(15(19)21-20-14)8-1-3-12(18)4-2-8/h1-7H,(H3,19,20,21). The smallest absolute Gasteiger partial charge is 0.153 e. The van der Waals surface area contributed by atoms with Crippen LogP contribution in [0.15, 0.2) is 46.9 Å². The van der Waals surface area contributed by atoms with E-state index in [-0.39, 0.29) is 5.82 Å². The highest BCUT2D eigenvalue weighted by Crippen LogP contribution is 2.36. The number of halogens is 3. The van der Waals surface area contributed by atoms with Crippen LogP contribution in [0.1, 0.15) is 0 Å². The Hall–Kier alpha value is -1.85. The first kappa shape index (κ1) is 14.1. The van der Waals surface area contributed by atoms with Crippen molar-refractivity contribution in [2.75, 3.05) is 5.73 Å². The van der Waals surface area contributed by atoms with Crippen molar-refractivity contribution in [2.24, 2.45) is 0 Å². The largest absolute Gasteiger partial charge is 0.382 e. The lowest BCUT2D eigenvalue weighted by molar-refractivity contribution is 0.628. The van der Waals surface area contributed by atoms with Crippen molar-refractivity contribution in [1.29, 1.82) is 0 Å². The molecule has 0 unspecified atom stereocenters. The van der Waals surface area contributed by atoms with Gasteiger partial charge >= 0.3 is 0 Å². The molecule has 0 bridgehead atoms. The molecule has 0 saturated heterocycles. The van der Waals surface area contributed by atoms with E-state index in [4.69, 9.17) is 17.3 Å². The third-order valence-electron chi connectivity index (χ3n) is 3.08. The van der Waals surface area contributed by atoms with E-state index >= 15 is 0 Å². The minimum atomic E-state index is -0.298. The number of benzene rings is 2. The molecule has 0 spiro atoms. The molecule has 21 heavy (non-hydrogen) atoms. The SMILES string of the molecule is Nc1n[nH]c(-c2cc(Cl)cc(Br)c2)c1-c1ccc(F)cc1. The van der Waals surface area contributed by atoms with Gasteiger partial charge in [-0.15, -0.1) is 0 Å². The molecule has 0 saturated carbocycles. The number of nitrogens with two attached hydrogens (primary N) is 1. The van der Waals surface area contributed by atoms with Crippen LogP contribution in [0, 0.1) is 5.82 Å². The molecule has 0 aliphatic rings. The van der Waals surface area contributed by atoms with Crippen molar-refractivity contribution in [3.63, 3.8) is 0 Å². The predicted molar refractivity (Wildman–Crippen MR) is 86.5 cm³/mol. The number of rotatable bonds is 2. The van der Waals surface area contributed by atoms with E-state index in [1.807, 2.05) is 12.1 Å². The second-order valence-electron chi connectivity index (χ2n) is 4.52. The molecule has 6 heteroatoms. The van der Waals surface area contributed by atoms with E-state index in [2.05, 4.69) is 26.1 Å². The van der Waals surface area contributed by atoms with Crippen molar-refractivity contribution in [3.05, 3.63) is 57.8 Å². The fourth-order valence-corrected chi connectivity index (χ4v) is 3.03. The van der Waals surface area contributed by atoms with Gasteiger partial charge in [0, 0.05) is 15.1 Å². The number of nitrogens with one attached hydrogen (secondary N) is 1. The zero-order valence-electron chi connectivity index (χ0n) is 10.7. The van der Waals surface area contributed by atoms with Crippen molar-refractivity contribution < 1.29 is 4.39 Å². The van der Waals surface area contributed by atoms with Crippen LogP contribution in [0.4, 0.5) is 10.2 Å². The van der Waals surface area contributed by atoms with Crippen LogP contribution >= 0.6 is 27.5 Å². The van der Waals surface area contributed by atoms with Gasteiger partial charge in [0.25, 0.3) is 0 Å². The van der Waals surface area contributed by atoms with Crippen molar-refractivity contribution in [1.82, 2.24) is 10.2 Å². The Morgan fingerprint density at radius 1 is 1.10 bits per heavy atom. The Morgan fingerprint density at radius 3 is 2.48 bits per heavy atom. The highest BCUT2D eigenvalue weighted by atomic mass is 79.9. The number of anilines is 1. The Morgan fingerprint density at radius 2 is 1.81 bits per heavy atom. The van der Waals surface area contributed by atoms with E-state index in [0.717, 1.165) is 26.9 Å². The summed E-state index contributed by atoms with van der Waals surface area (Å²) in [5, 5.41) is 7.56. The van der Waals surface area contributed by atoms with Gasteiger partial charge in [0.1, 0.15) is 5.82 Å². The van der Waals surface area contributed by atoms with Crippen LogP contribution in [0.2, 0.25) is 5.02 Å². The molecule has 3 N–H and O–H groups in total. The summed E-state index contributed by atoms with van der Waals surface area (Å²) < 4.78 is 13.9. The minimum Gasteiger partial charge on any atom is -0.382 e. The first-order valence-electron chi connectivity index (χ1n) is 6.11. The summed E-state index contributed by atoms with van der Waals surface area (Å²) in [7, 11) is 0. The molecule has 3 nitrogen and oxygen atoms in total. The van der Waals surface area contributed by atoms with Crippen molar-refractivity contribution in [2.45, 2.75) is 0 Å². The molecule has 1 aromatic heterocycles. The van der Waals surface area contributed by atoms with Gasteiger partial charge in [-0.2, -0.15) is 5.10 Å². The van der Waals surface area contributed by atoms with Crippen LogP contribution in [0.5, 0.6) is 0 Å². The Kier molecular flexibility index (Phi) is 3.69. The molecule has 0 aliphatic carbocycles. The number of aromatic nitrogens is 2. The lowest BCUT2D eigenvalue weighted by Crippen LogP contribution is -1.89. The summed E-state index contributed by atoms with van der Waals surface area (Å²) in [5.74, 6) is 0.0561. The van der Waals surface area contributed by atoms with E-state index in [9.17, 15) is 4.39 Å². The molecular formula is C15H10BrClFN3. The van der Waals surface area contributed by atoms with E-state index in [1.165, 1.54) is 12.1 Å². The Labute approximate surface area is 134 Å².